The summed E-state index contributed by atoms with van der Waals surface area (Å²) in [6, 6.07) is 3.61. The first-order valence-electron chi connectivity index (χ1n) is 8.15. The third kappa shape index (κ3) is 3.13. The second kappa shape index (κ2) is 5.94. The number of aromatic carboxylic acids is 1. The molecule has 1 fully saturated rings. The van der Waals surface area contributed by atoms with Gasteiger partial charge in [0.2, 0.25) is 0 Å². The Morgan fingerprint density at radius 2 is 1.77 bits per heavy atom. The van der Waals surface area contributed by atoms with Crippen molar-refractivity contribution >= 4 is 5.97 Å². The summed E-state index contributed by atoms with van der Waals surface area (Å²) in [5.41, 5.74) is 2.27. The fraction of sp³-hybridized carbons (Fsp3) is 0.632. The Hall–Kier alpha value is -1.51. The quantitative estimate of drug-likeness (QED) is 0.862. The molecule has 0 bridgehead atoms. The molecule has 0 atom stereocenters. The first-order chi connectivity index (χ1) is 10.2. The van der Waals surface area contributed by atoms with Crippen molar-refractivity contribution in [1.29, 1.82) is 0 Å². The molecule has 0 heterocycles. The number of methoxy groups -OCH3 is 1. The molecule has 0 spiro atoms. The molecule has 1 N–H and O–H groups in total. The van der Waals surface area contributed by atoms with Gasteiger partial charge in [0.25, 0.3) is 0 Å². The maximum absolute atomic E-state index is 11.6. The summed E-state index contributed by atoms with van der Waals surface area (Å²) >= 11 is 0. The Kier molecular flexibility index (Phi) is 4.55. The maximum Gasteiger partial charge on any atom is 0.335 e. The molecule has 0 aliphatic heterocycles. The van der Waals surface area contributed by atoms with Crippen LogP contribution in [0.3, 0.4) is 0 Å². The van der Waals surface area contributed by atoms with E-state index in [0.717, 1.165) is 29.7 Å². The molecular formula is C19H28O3. The minimum Gasteiger partial charge on any atom is -0.496 e. The molecule has 1 aromatic rings. The van der Waals surface area contributed by atoms with E-state index in [4.69, 9.17) is 4.74 Å². The van der Waals surface area contributed by atoms with Gasteiger partial charge < -0.3 is 9.84 Å². The summed E-state index contributed by atoms with van der Waals surface area (Å²) < 4.78 is 5.76. The highest BCUT2D eigenvalue weighted by Gasteiger charge is 2.35. The Morgan fingerprint density at radius 3 is 2.23 bits per heavy atom. The van der Waals surface area contributed by atoms with Crippen LogP contribution in [0.5, 0.6) is 5.75 Å². The Labute approximate surface area is 133 Å². The van der Waals surface area contributed by atoms with E-state index in [9.17, 15) is 9.90 Å². The van der Waals surface area contributed by atoms with Crippen molar-refractivity contribution in [3.05, 3.63) is 28.8 Å². The van der Waals surface area contributed by atoms with Gasteiger partial charge in [-0.2, -0.15) is 0 Å². The van der Waals surface area contributed by atoms with Crippen molar-refractivity contribution in [3.8, 4) is 5.75 Å². The lowest BCUT2D eigenvalue weighted by atomic mass is 9.69. The third-order valence-electron chi connectivity index (χ3n) is 4.96. The SMILES string of the molecule is COc1c(C(C)(C)C)cc(C(=O)O)cc1C1(C)CCCCC1. The van der Waals surface area contributed by atoms with Gasteiger partial charge in [-0.1, -0.05) is 47.0 Å². The minimum atomic E-state index is -0.867. The van der Waals surface area contributed by atoms with Crippen LogP contribution in [0.4, 0.5) is 0 Å². The topological polar surface area (TPSA) is 46.5 Å². The van der Waals surface area contributed by atoms with Gasteiger partial charge in [-0.3, -0.25) is 0 Å². The van der Waals surface area contributed by atoms with Gasteiger partial charge in [-0.25, -0.2) is 4.79 Å². The second-order valence-corrected chi connectivity index (χ2v) is 7.78. The zero-order chi connectivity index (χ0) is 16.5. The highest BCUT2D eigenvalue weighted by molar-refractivity contribution is 5.89. The lowest BCUT2D eigenvalue weighted by molar-refractivity contribution is 0.0696. The zero-order valence-electron chi connectivity index (χ0n) is 14.5. The minimum absolute atomic E-state index is 0.00898. The van der Waals surface area contributed by atoms with E-state index in [2.05, 4.69) is 27.7 Å². The Bertz CT molecular complexity index is 561. The van der Waals surface area contributed by atoms with E-state index in [0.29, 0.717) is 5.56 Å². The monoisotopic (exact) mass is 304 g/mol. The predicted molar refractivity (Wildman–Crippen MR) is 89.1 cm³/mol. The molecule has 0 saturated heterocycles. The molecule has 0 amide bonds. The molecular weight excluding hydrogens is 276 g/mol. The first-order valence-corrected chi connectivity index (χ1v) is 8.15. The van der Waals surface area contributed by atoms with Crippen LogP contribution < -0.4 is 4.74 Å². The summed E-state index contributed by atoms with van der Waals surface area (Å²) in [7, 11) is 1.70. The normalized spacial score (nSPS) is 18.0. The van der Waals surface area contributed by atoms with Gasteiger partial charge in [0, 0.05) is 11.1 Å². The predicted octanol–water partition coefficient (Wildman–Crippen LogP) is 4.91. The summed E-state index contributed by atoms with van der Waals surface area (Å²) in [4.78, 5) is 11.6. The standard InChI is InChI=1S/C19H28O3/c1-18(2,3)14-11-13(17(20)21)12-15(16(14)22-5)19(4)9-7-6-8-10-19/h11-12H,6-10H2,1-5H3,(H,20,21). The average Bonchev–Trinajstić information content (AvgIpc) is 2.45. The van der Waals surface area contributed by atoms with E-state index in [1.807, 2.05) is 6.07 Å². The molecule has 2 rings (SSSR count). The van der Waals surface area contributed by atoms with Gasteiger partial charge in [0.1, 0.15) is 5.75 Å². The molecule has 1 saturated carbocycles. The number of carbonyl (C=O) groups is 1. The molecule has 0 unspecified atom stereocenters. The summed E-state index contributed by atoms with van der Waals surface area (Å²) in [6.07, 6.45) is 5.85. The number of hydrogen-bond donors (Lipinski definition) is 1. The largest absolute Gasteiger partial charge is 0.496 e. The number of carboxylic acids is 1. The van der Waals surface area contributed by atoms with Gasteiger partial charge in [-0.15, -0.1) is 0 Å². The van der Waals surface area contributed by atoms with Crippen LogP contribution >= 0.6 is 0 Å². The first kappa shape index (κ1) is 16.9. The molecule has 0 radical (unpaired) electrons. The van der Waals surface area contributed by atoms with Gasteiger partial charge in [-0.05, 0) is 35.8 Å². The lowest BCUT2D eigenvalue weighted by Gasteiger charge is -2.37. The number of carboxylic acid groups (broad SMARTS) is 1. The number of ether oxygens (including phenoxy) is 1. The summed E-state index contributed by atoms with van der Waals surface area (Å²) in [5, 5.41) is 9.50. The molecule has 1 aromatic carbocycles. The van der Waals surface area contributed by atoms with Crippen molar-refractivity contribution < 1.29 is 14.6 Å². The smallest absolute Gasteiger partial charge is 0.335 e. The van der Waals surface area contributed by atoms with Crippen molar-refractivity contribution in [2.24, 2.45) is 0 Å². The molecule has 122 valence electrons. The van der Waals surface area contributed by atoms with Crippen LogP contribution in [0.25, 0.3) is 0 Å². The van der Waals surface area contributed by atoms with Crippen LogP contribution in [0.15, 0.2) is 12.1 Å². The summed E-state index contributed by atoms with van der Waals surface area (Å²) in [6.45, 7) is 8.55. The Morgan fingerprint density at radius 1 is 1.18 bits per heavy atom. The molecule has 22 heavy (non-hydrogen) atoms. The van der Waals surface area contributed by atoms with E-state index in [1.165, 1.54) is 19.3 Å². The number of benzene rings is 1. The molecule has 1 aliphatic carbocycles. The van der Waals surface area contributed by atoms with Crippen LogP contribution in [0, 0.1) is 0 Å². The highest BCUT2D eigenvalue weighted by atomic mass is 16.5. The van der Waals surface area contributed by atoms with Crippen molar-refractivity contribution in [2.45, 2.75) is 70.6 Å². The molecule has 0 aromatic heterocycles. The van der Waals surface area contributed by atoms with E-state index in [-0.39, 0.29) is 10.8 Å². The van der Waals surface area contributed by atoms with Crippen molar-refractivity contribution in [1.82, 2.24) is 0 Å². The molecule has 1 aliphatic rings. The zero-order valence-corrected chi connectivity index (χ0v) is 14.5. The number of hydrogen-bond acceptors (Lipinski definition) is 2. The van der Waals surface area contributed by atoms with E-state index >= 15 is 0 Å². The highest BCUT2D eigenvalue weighted by Crippen LogP contribution is 2.46. The Balaban J connectivity index is 2.70. The van der Waals surface area contributed by atoms with Gasteiger partial charge >= 0.3 is 5.97 Å². The number of rotatable bonds is 3. The van der Waals surface area contributed by atoms with Crippen LogP contribution in [-0.2, 0) is 10.8 Å². The van der Waals surface area contributed by atoms with Crippen LogP contribution in [0.1, 0.15) is 81.3 Å². The van der Waals surface area contributed by atoms with E-state index in [1.54, 1.807) is 13.2 Å². The van der Waals surface area contributed by atoms with Crippen molar-refractivity contribution in [2.75, 3.05) is 7.11 Å². The van der Waals surface area contributed by atoms with Gasteiger partial charge in [0.05, 0.1) is 12.7 Å². The third-order valence-corrected chi connectivity index (χ3v) is 4.96. The molecule has 3 nitrogen and oxygen atoms in total. The average molecular weight is 304 g/mol. The van der Waals surface area contributed by atoms with Crippen LogP contribution in [0.2, 0.25) is 0 Å². The molecule has 3 heteroatoms. The van der Waals surface area contributed by atoms with Crippen molar-refractivity contribution in [3.63, 3.8) is 0 Å². The summed E-state index contributed by atoms with van der Waals surface area (Å²) in [5.74, 6) is 0.00992. The lowest BCUT2D eigenvalue weighted by Crippen LogP contribution is -2.28. The van der Waals surface area contributed by atoms with Crippen LogP contribution in [-0.4, -0.2) is 18.2 Å². The second-order valence-electron chi connectivity index (χ2n) is 7.78. The fourth-order valence-corrected chi connectivity index (χ4v) is 3.58. The maximum atomic E-state index is 11.6. The van der Waals surface area contributed by atoms with E-state index < -0.39 is 5.97 Å². The fourth-order valence-electron chi connectivity index (χ4n) is 3.58. The van der Waals surface area contributed by atoms with Gasteiger partial charge in [0.15, 0.2) is 0 Å².